The molecule has 1 atom stereocenters. The molecule has 1 unspecified atom stereocenters. The molecule has 80 valence electrons. The van der Waals surface area contributed by atoms with Crippen molar-refractivity contribution in [3.05, 3.63) is 35.3 Å². The Hall–Kier alpha value is -1.20. The zero-order chi connectivity index (χ0) is 10.5. The van der Waals surface area contributed by atoms with Gasteiger partial charge in [0.25, 0.3) is 0 Å². The summed E-state index contributed by atoms with van der Waals surface area (Å²) in [7, 11) is 0. The zero-order valence-corrected chi connectivity index (χ0v) is 9.44. The Morgan fingerprint density at radius 2 is 2.53 bits per heavy atom. The third kappa shape index (κ3) is 3.14. The fourth-order valence-corrected chi connectivity index (χ4v) is 1.94. The molecule has 0 fully saturated rings. The Bertz CT molecular complexity index is 368. The Labute approximate surface area is 93.0 Å². The van der Waals surface area contributed by atoms with Crippen LogP contribution in [0, 0.1) is 0 Å². The van der Waals surface area contributed by atoms with E-state index in [1.54, 1.807) is 17.5 Å². The monoisotopic (exact) mass is 222 g/mol. The lowest BCUT2D eigenvalue weighted by Gasteiger charge is -2.13. The van der Waals surface area contributed by atoms with Crippen molar-refractivity contribution in [3.63, 3.8) is 0 Å². The molecule has 0 amide bonds. The summed E-state index contributed by atoms with van der Waals surface area (Å²) < 4.78 is 2.07. The van der Waals surface area contributed by atoms with Crippen LogP contribution in [-0.2, 0) is 13.1 Å². The van der Waals surface area contributed by atoms with E-state index in [1.807, 2.05) is 18.0 Å². The second-order valence-electron chi connectivity index (χ2n) is 3.52. The van der Waals surface area contributed by atoms with E-state index in [2.05, 4.69) is 32.2 Å². The molecule has 5 heteroatoms. The fraction of sp³-hybridized carbons (Fsp3) is 0.400. The number of nitrogens with one attached hydrogen (secondary N) is 1. The summed E-state index contributed by atoms with van der Waals surface area (Å²) in [5.74, 6) is 0. The van der Waals surface area contributed by atoms with Crippen LogP contribution < -0.4 is 5.32 Å². The Kier molecular flexibility index (Phi) is 3.47. The molecule has 0 bridgehead atoms. The summed E-state index contributed by atoms with van der Waals surface area (Å²) >= 11 is 1.63. The second-order valence-corrected chi connectivity index (χ2v) is 4.24. The first-order valence-corrected chi connectivity index (χ1v) is 5.85. The van der Waals surface area contributed by atoms with Crippen LogP contribution in [0.4, 0.5) is 0 Å². The maximum atomic E-state index is 4.22. The molecule has 0 radical (unpaired) electrons. The van der Waals surface area contributed by atoms with Crippen LogP contribution in [0.2, 0.25) is 0 Å². The van der Waals surface area contributed by atoms with E-state index in [9.17, 15) is 0 Å². The molecule has 15 heavy (non-hydrogen) atoms. The molecule has 2 aromatic rings. The molecular formula is C10H14N4S. The topological polar surface area (TPSA) is 42.7 Å². The van der Waals surface area contributed by atoms with Crippen molar-refractivity contribution in [1.82, 2.24) is 19.9 Å². The van der Waals surface area contributed by atoms with Gasteiger partial charge in [-0.05, 0) is 6.92 Å². The van der Waals surface area contributed by atoms with Crippen molar-refractivity contribution in [1.29, 1.82) is 0 Å². The van der Waals surface area contributed by atoms with Gasteiger partial charge in [0.2, 0.25) is 0 Å². The van der Waals surface area contributed by atoms with Crippen LogP contribution >= 0.6 is 11.3 Å². The van der Waals surface area contributed by atoms with E-state index >= 15 is 0 Å². The summed E-state index contributed by atoms with van der Waals surface area (Å²) in [6, 6.07) is 0.418. The number of thiazole rings is 1. The lowest BCUT2D eigenvalue weighted by molar-refractivity contribution is 0.473. The Morgan fingerprint density at radius 1 is 1.60 bits per heavy atom. The van der Waals surface area contributed by atoms with E-state index in [0.717, 1.165) is 18.8 Å². The first-order chi connectivity index (χ1) is 7.34. The van der Waals surface area contributed by atoms with Gasteiger partial charge < -0.3 is 9.88 Å². The van der Waals surface area contributed by atoms with Crippen molar-refractivity contribution in [2.45, 2.75) is 26.1 Å². The van der Waals surface area contributed by atoms with Gasteiger partial charge >= 0.3 is 0 Å². The molecule has 4 nitrogen and oxygen atoms in total. The maximum absolute atomic E-state index is 4.22. The third-order valence-corrected chi connectivity index (χ3v) is 2.79. The normalized spacial score (nSPS) is 12.9. The molecular weight excluding hydrogens is 208 g/mol. The van der Waals surface area contributed by atoms with Gasteiger partial charge in [-0.2, -0.15) is 0 Å². The molecule has 2 rings (SSSR count). The van der Waals surface area contributed by atoms with E-state index < -0.39 is 0 Å². The van der Waals surface area contributed by atoms with Gasteiger partial charge in [-0.1, -0.05) is 0 Å². The summed E-state index contributed by atoms with van der Waals surface area (Å²) in [6.45, 7) is 3.93. The predicted octanol–water partition coefficient (Wildman–Crippen LogP) is 1.52. The minimum absolute atomic E-state index is 0.418. The first-order valence-electron chi connectivity index (χ1n) is 4.91. The first kappa shape index (κ1) is 10.3. The number of hydrogen-bond acceptors (Lipinski definition) is 4. The van der Waals surface area contributed by atoms with E-state index in [1.165, 1.54) is 0 Å². The molecule has 0 aliphatic heterocycles. The average molecular weight is 222 g/mol. The molecule has 0 saturated carbocycles. The fourth-order valence-electron chi connectivity index (χ4n) is 1.38. The van der Waals surface area contributed by atoms with Gasteiger partial charge in [0, 0.05) is 36.9 Å². The van der Waals surface area contributed by atoms with Crippen molar-refractivity contribution >= 4 is 11.3 Å². The molecule has 0 saturated heterocycles. The summed E-state index contributed by atoms with van der Waals surface area (Å²) in [5, 5.41) is 5.49. The molecule has 0 aromatic carbocycles. The van der Waals surface area contributed by atoms with Crippen LogP contribution in [0.5, 0.6) is 0 Å². The van der Waals surface area contributed by atoms with Crippen molar-refractivity contribution < 1.29 is 0 Å². The third-order valence-electron chi connectivity index (χ3n) is 2.16. The largest absolute Gasteiger partial charge is 0.336 e. The van der Waals surface area contributed by atoms with Crippen LogP contribution in [0.25, 0.3) is 0 Å². The highest BCUT2D eigenvalue weighted by Crippen LogP contribution is 2.01. The summed E-state index contributed by atoms with van der Waals surface area (Å²) in [6.07, 6.45) is 5.61. The molecule has 2 aromatic heterocycles. The lowest BCUT2D eigenvalue weighted by atomic mass is 10.3. The van der Waals surface area contributed by atoms with Crippen molar-refractivity contribution in [3.8, 4) is 0 Å². The molecule has 0 aliphatic carbocycles. The van der Waals surface area contributed by atoms with Gasteiger partial charge in [-0.25, -0.2) is 9.97 Å². The number of hydrogen-bond donors (Lipinski definition) is 1. The number of aromatic nitrogens is 3. The molecule has 0 aliphatic rings. The molecule has 0 spiro atoms. The van der Waals surface area contributed by atoms with Crippen molar-refractivity contribution in [2.24, 2.45) is 0 Å². The van der Waals surface area contributed by atoms with Gasteiger partial charge in [0.1, 0.15) is 0 Å². The smallest absolute Gasteiger partial charge is 0.0946 e. The number of nitrogens with zero attached hydrogens (tertiary/aromatic N) is 3. The SMILES string of the molecule is CC(Cn1ccnc1)NCc1cscn1. The van der Waals surface area contributed by atoms with Crippen LogP contribution in [-0.4, -0.2) is 20.6 Å². The predicted molar refractivity (Wildman–Crippen MR) is 60.6 cm³/mol. The van der Waals surface area contributed by atoms with Crippen LogP contribution in [0.1, 0.15) is 12.6 Å². The minimum atomic E-state index is 0.418. The van der Waals surface area contributed by atoms with Gasteiger partial charge in [0.15, 0.2) is 0 Å². The highest BCUT2D eigenvalue weighted by atomic mass is 32.1. The summed E-state index contributed by atoms with van der Waals surface area (Å²) in [5.41, 5.74) is 2.97. The minimum Gasteiger partial charge on any atom is -0.336 e. The lowest BCUT2D eigenvalue weighted by Crippen LogP contribution is -2.29. The number of imidazole rings is 1. The van der Waals surface area contributed by atoms with E-state index in [4.69, 9.17) is 0 Å². The van der Waals surface area contributed by atoms with Gasteiger partial charge in [0.05, 0.1) is 17.5 Å². The Morgan fingerprint density at radius 3 is 3.20 bits per heavy atom. The standard InChI is InChI=1S/C10H14N4S/c1-9(5-14-3-2-11-7-14)12-4-10-6-15-8-13-10/h2-3,6-9,12H,4-5H2,1H3. The molecule has 1 N–H and O–H groups in total. The van der Waals surface area contributed by atoms with E-state index in [-0.39, 0.29) is 0 Å². The average Bonchev–Trinajstić information content (AvgIpc) is 2.86. The molecule has 2 heterocycles. The maximum Gasteiger partial charge on any atom is 0.0946 e. The quantitative estimate of drug-likeness (QED) is 0.834. The van der Waals surface area contributed by atoms with Crippen LogP contribution in [0.15, 0.2) is 29.6 Å². The Balaban J connectivity index is 1.76. The van der Waals surface area contributed by atoms with E-state index in [0.29, 0.717) is 6.04 Å². The highest BCUT2D eigenvalue weighted by molar-refractivity contribution is 7.07. The summed E-state index contributed by atoms with van der Waals surface area (Å²) in [4.78, 5) is 8.23. The van der Waals surface area contributed by atoms with Crippen molar-refractivity contribution in [2.75, 3.05) is 0 Å². The van der Waals surface area contributed by atoms with Crippen LogP contribution in [0.3, 0.4) is 0 Å². The zero-order valence-electron chi connectivity index (χ0n) is 8.63. The number of rotatable bonds is 5. The van der Waals surface area contributed by atoms with Gasteiger partial charge in [-0.3, -0.25) is 0 Å². The highest BCUT2D eigenvalue weighted by Gasteiger charge is 2.02. The second kappa shape index (κ2) is 5.04. The van der Waals surface area contributed by atoms with Gasteiger partial charge in [-0.15, -0.1) is 11.3 Å².